The van der Waals surface area contributed by atoms with Crippen molar-refractivity contribution in [3.8, 4) is 11.4 Å². The summed E-state index contributed by atoms with van der Waals surface area (Å²) in [6.45, 7) is 1.92. The standard InChI is InChI=1S/C19H18N6O2.C3H5F/c1-12-4-5-13(18-21-11-27-23-18)8-15(12)22-19(26)16-10-20-17-9-14(24(2)3)6-7-25(16)17;4-3-1-2-3/h4-11H,1-3H3,(H,22,26);3H,1-2H2. The summed E-state index contributed by atoms with van der Waals surface area (Å²) >= 11 is 0. The third kappa shape index (κ3) is 4.71. The zero-order valence-corrected chi connectivity index (χ0v) is 17.5. The Balaban J connectivity index is 0.000000520. The van der Waals surface area contributed by atoms with Crippen molar-refractivity contribution in [2.45, 2.75) is 25.9 Å². The van der Waals surface area contributed by atoms with Crippen molar-refractivity contribution in [1.29, 1.82) is 0 Å². The van der Waals surface area contributed by atoms with E-state index in [1.54, 1.807) is 10.6 Å². The van der Waals surface area contributed by atoms with Crippen molar-refractivity contribution >= 4 is 22.9 Å². The molecule has 1 aliphatic rings. The van der Waals surface area contributed by atoms with Crippen molar-refractivity contribution in [3.05, 3.63) is 60.4 Å². The highest BCUT2D eigenvalue weighted by Crippen LogP contribution is 2.24. The van der Waals surface area contributed by atoms with Crippen LogP contribution in [0.25, 0.3) is 17.0 Å². The maximum atomic E-state index is 12.8. The number of carbonyl (C=O) groups excluding carboxylic acids is 1. The number of alkyl halides is 1. The predicted octanol–water partition coefficient (Wildman–Crippen LogP) is 4.13. The minimum absolute atomic E-state index is 0.242. The van der Waals surface area contributed by atoms with Crippen molar-refractivity contribution in [3.63, 3.8) is 0 Å². The second kappa shape index (κ2) is 8.55. The van der Waals surface area contributed by atoms with Crippen molar-refractivity contribution < 1.29 is 13.7 Å². The van der Waals surface area contributed by atoms with Crippen LogP contribution in [0.4, 0.5) is 15.8 Å². The highest BCUT2D eigenvalue weighted by molar-refractivity contribution is 6.04. The molecule has 0 radical (unpaired) electrons. The van der Waals surface area contributed by atoms with Crippen LogP contribution in [0.15, 0.2) is 53.6 Å². The Kier molecular flexibility index (Phi) is 5.66. The number of nitrogens with one attached hydrogen (secondary N) is 1. The number of aromatic nitrogens is 4. The summed E-state index contributed by atoms with van der Waals surface area (Å²) in [4.78, 5) is 23.2. The van der Waals surface area contributed by atoms with Gasteiger partial charge in [-0.05, 0) is 37.5 Å². The number of hydrogen-bond acceptors (Lipinski definition) is 6. The number of hydrogen-bond donors (Lipinski definition) is 1. The summed E-state index contributed by atoms with van der Waals surface area (Å²) in [5.41, 5.74) is 4.56. The number of carbonyl (C=O) groups is 1. The SMILES string of the molecule is Cc1ccc(-c2ncon2)cc1NC(=O)c1cnc2cc(N(C)C)ccn12.FC1CC1. The van der Waals surface area contributed by atoms with Crippen LogP contribution in [-0.4, -0.2) is 45.7 Å². The van der Waals surface area contributed by atoms with Gasteiger partial charge in [0.1, 0.15) is 17.5 Å². The van der Waals surface area contributed by atoms with Crippen molar-refractivity contribution in [1.82, 2.24) is 19.5 Å². The molecule has 3 heterocycles. The van der Waals surface area contributed by atoms with Crippen LogP contribution < -0.4 is 10.2 Å². The molecule has 5 rings (SSSR count). The molecule has 1 N–H and O–H groups in total. The number of halogens is 1. The van der Waals surface area contributed by atoms with Crippen LogP contribution in [0.1, 0.15) is 28.9 Å². The summed E-state index contributed by atoms with van der Waals surface area (Å²) < 4.78 is 17.7. The molecule has 160 valence electrons. The molecule has 1 amide bonds. The largest absolute Gasteiger partial charge is 0.378 e. The van der Waals surface area contributed by atoms with Gasteiger partial charge < -0.3 is 14.7 Å². The van der Waals surface area contributed by atoms with E-state index >= 15 is 0 Å². The lowest BCUT2D eigenvalue weighted by Crippen LogP contribution is -2.15. The van der Waals surface area contributed by atoms with E-state index in [1.165, 1.54) is 6.39 Å². The van der Waals surface area contributed by atoms with Gasteiger partial charge in [-0.25, -0.2) is 9.37 Å². The lowest BCUT2D eigenvalue weighted by atomic mass is 10.1. The fraction of sp³-hybridized carbons (Fsp3) is 0.273. The molecule has 9 heteroatoms. The first-order chi connectivity index (χ1) is 14.9. The summed E-state index contributed by atoms with van der Waals surface area (Å²) in [5, 5.41) is 6.78. The molecule has 1 saturated carbocycles. The normalized spacial score (nSPS) is 12.9. The van der Waals surface area contributed by atoms with Crippen molar-refractivity contribution in [2.24, 2.45) is 0 Å². The van der Waals surface area contributed by atoms with Gasteiger partial charge in [0.05, 0.1) is 6.20 Å². The molecular weight excluding hydrogens is 399 g/mol. The van der Waals surface area contributed by atoms with E-state index in [1.807, 2.05) is 62.4 Å². The summed E-state index contributed by atoms with van der Waals surface area (Å²) in [7, 11) is 3.92. The molecule has 31 heavy (non-hydrogen) atoms. The number of nitrogens with zero attached hydrogens (tertiary/aromatic N) is 5. The Bertz CT molecular complexity index is 1200. The molecule has 4 aromatic rings. The topological polar surface area (TPSA) is 88.6 Å². The fourth-order valence-corrected chi connectivity index (χ4v) is 2.86. The first-order valence-corrected chi connectivity index (χ1v) is 9.89. The van der Waals surface area contributed by atoms with Gasteiger partial charge in [-0.1, -0.05) is 17.3 Å². The van der Waals surface area contributed by atoms with Crippen LogP contribution in [0.3, 0.4) is 0 Å². The summed E-state index contributed by atoms with van der Waals surface area (Å²) in [6, 6.07) is 9.48. The van der Waals surface area contributed by atoms with Crippen LogP contribution in [0.2, 0.25) is 0 Å². The van der Waals surface area contributed by atoms with E-state index in [2.05, 4.69) is 20.4 Å². The first kappa shape index (κ1) is 20.5. The number of imidazole rings is 1. The number of rotatable bonds is 4. The van der Waals surface area contributed by atoms with Gasteiger partial charge in [0, 0.05) is 43.3 Å². The second-order valence-electron chi connectivity index (χ2n) is 7.56. The Hall–Kier alpha value is -3.75. The van der Waals surface area contributed by atoms with E-state index in [-0.39, 0.29) is 5.91 Å². The maximum Gasteiger partial charge on any atom is 0.274 e. The quantitative estimate of drug-likeness (QED) is 0.532. The molecule has 1 aromatic carbocycles. The molecule has 0 unspecified atom stereocenters. The number of fused-ring (bicyclic) bond motifs is 1. The lowest BCUT2D eigenvalue weighted by molar-refractivity contribution is 0.102. The minimum atomic E-state index is -0.417. The average molecular weight is 422 g/mol. The van der Waals surface area contributed by atoms with Crippen LogP contribution in [0.5, 0.6) is 0 Å². The lowest BCUT2D eigenvalue weighted by Gasteiger charge is -2.13. The average Bonchev–Trinajstić information content (AvgIpc) is 3.22. The van der Waals surface area contributed by atoms with Gasteiger partial charge in [0.2, 0.25) is 12.2 Å². The molecule has 3 aromatic heterocycles. The molecule has 0 saturated heterocycles. The third-order valence-corrected chi connectivity index (χ3v) is 4.86. The minimum Gasteiger partial charge on any atom is -0.378 e. The Morgan fingerprint density at radius 3 is 2.65 bits per heavy atom. The molecule has 1 aliphatic carbocycles. The molecule has 0 atom stereocenters. The monoisotopic (exact) mass is 422 g/mol. The van der Waals surface area contributed by atoms with Gasteiger partial charge in [-0.15, -0.1) is 0 Å². The number of amides is 1. The Morgan fingerprint density at radius 1 is 1.23 bits per heavy atom. The van der Waals surface area contributed by atoms with Gasteiger partial charge in [-0.2, -0.15) is 4.98 Å². The van der Waals surface area contributed by atoms with Crippen LogP contribution in [0, 0.1) is 6.92 Å². The zero-order chi connectivity index (χ0) is 22.0. The number of aryl methyl sites for hydroxylation is 1. The molecular formula is C22H23FN6O2. The fourth-order valence-electron chi connectivity index (χ4n) is 2.86. The van der Waals surface area contributed by atoms with E-state index < -0.39 is 6.17 Å². The molecule has 1 fully saturated rings. The van der Waals surface area contributed by atoms with E-state index in [9.17, 15) is 9.18 Å². The predicted molar refractivity (Wildman–Crippen MR) is 116 cm³/mol. The summed E-state index contributed by atoms with van der Waals surface area (Å²) in [5.74, 6) is 0.227. The van der Waals surface area contributed by atoms with E-state index in [0.717, 1.165) is 29.7 Å². The van der Waals surface area contributed by atoms with Crippen molar-refractivity contribution in [2.75, 3.05) is 24.3 Å². The third-order valence-electron chi connectivity index (χ3n) is 4.86. The van der Waals surface area contributed by atoms with E-state index in [0.29, 0.717) is 22.9 Å². The van der Waals surface area contributed by atoms with Gasteiger partial charge >= 0.3 is 0 Å². The first-order valence-electron chi connectivity index (χ1n) is 9.89. The van der Waals surface area contributed by atoms with Gasteiger partial charge in [0.15, 0.2) is 0 Å². The zero-order valence-electron chi connectivity index (χ0n) is 17.5. The Morgan fingerprint density at radius 2 is 2.00 bits per heavy atom. The number of benzene rings is 1. The van der Waals surface area contributed by atoms with Crippen LogP contribution >= 0.6 is 0 Å². The molecule has 0 aliphatic heterocycles. The highest BCUT2D eigenvalue weighted by atomic mass is 19.1. The molecule has 0 spiro atoms. The van der Waals surface area contributed by atoms with Gasteiger partial charge in [-0.3, -0.25) is 9.20 Å². The highest BCUT2D eigenvalue weighted by Gasteiger charge is 2.18. The van der Waals surface area contributed by atoms with Gasteiger partial charge in [0.25, 0.3) is 5.91 Å². The maximum absolute atomic E-state index is 12.8. The Labute approximate surface area is 178 Å². The van der Waals surface area contributed by atoms with Crippen LogP contribution in [-0.2, 0) is 0 Å². The van der Waals surface area contributed by atoms with E-state index in [4.69, 9.17) is 4.52 Å². The molecule has 0 bridgehead atoms. The molecule has 8 nitrogen and oxygen atoms in total. The second-order valence-corrected chi connectivity index (χ2v) is 7.56. The number of anilines is 2. The smallest absolute Gasteiger partial charge is 0.274 e. The summed E-state index contributed by atoms with van der Waals surface area (Å²) in [6.07, 6.45) is 5.91. The number of pyridine rings is 1.